The molecule has 0 aliphatic heterocycles. The van der Waals surface area contributed by atoms with Gasteiger partial charge in [0.05, 0.1) is 5.92 Å². The fourth-order valence-corrected chi connectivity index (χ4v) is 2.83. The first kappa shape index (κ1) is 16.7. The van der Waals surface area contributed by atoms with Crippen molar-refractivity contribution in [2.45, 2.75) is 52.1 Å². The number of nitrogens with one attached hydrogen (secondary N) is 1. The van der Waals surface area contributed by atoms with Crippen LogP contribution >= 0.6 is 0 Å². The number of hydrogen-bond acceptors (Lipinski definition) is 3. The zero-order chi connectivity index (χ0) is 16.3. The number of nitrogens with zero attached hydrogens (tertiary/aromatic N) is 2. The van der Waals surface area contributed by atoms with Gasteiger partial charge in [-0.1, -0.05) is 13.3 Å². The maximum absolute atomic E-state index is 12.8. The van der Waals surface area contributed by atoms with Gasteiger partial charge in [0.2, 0.25) is 5.91 Å². The highest BCUT2D eigenvalue weighted by molar-refractivity contribution is 5.91. The summed E-state index contributed by atoms with van der Waals surface area (Å²) in [4.78, 5) is 20.5. The molecular weight excluding hydrogens is 295 g/mol. The molecule has 0 radical (unpaired) electrons. The molecule has 2 rings (SSSR count). The highest BCUT2D eigenvalue weighted by Crippen LogP contribution is 2.40. The van der Waals surface area contributed by atoms with Crippen LogP contribution in [0, 0.1) is 18.8 Å². The van der Waals surface area contributed by atoms with E-state index in [0.29, 0.717) is 30.9 Å². The van der Waals surface area contributed by atoms with Crippen molar-refractivity contribution in [2.75, 3.05) is 5.32 Å². The van der Waals surface area contributed by atoms with Gasteiger partial charge in [-0.15, -0.1) is 0 Å². The van der Waals surface area contributed by atoms with Crippen LogP contribution in [-0.2, 0) is 11.2 Å². The normalized spacial score (nSPS) is 22.4. The SMILES string of the molecule is CCc1cc(NC(=O)[C@H]2CCC[C@H](C(F)(F)F)C2)nc(C)n1. The maximum Gasteiger partial charge on any atom is 0.391 e. The van der Waals surface area contributed by atoms with Crippen LogP contribution in [0.4, 0.5) is 19.0 Å². The number of anilines is 1. The van der Waals surface area contributed by atoms with Gasteiger partial charge in [0.25, 0.3) is 0 Å². The van der Waals surface area contributed by atoms with Crippen LogP contribution in [-0.4, -0.2) is 22.1 Å². The van der Waals surface area contributed by atoms with Gasteiger partial charge < -0.3 is 5.32 Å². The Hall–Kier alpha value is -1.66. The summed E-state index contributed by atoms with van der Waals surface area (Å²) in [6.45, 7) is 3.65. The van der Waals surface area contributed by atoms with E-state index in [1.807, 2.05) is 6.92 Å². The number of aryl methyl sites for hydroxylation is 2. The van der Waals surface area contributed by atoms with Gasteiger partial charge in [-0.3, -0.25) is 4.79 Å². The number of hydrogen-bond donors (Lipinski definition) is 1. The van der Waals surface area contributed by atoms with Crippen molar-refractivity contribution in [3.8, 4) is 0 Å². The first-order chi connectivity index (χ1) is 10.3. The van der Waals surface area contributed by atoms with E-state index in [1.165, 1.54) is 0 Å². The third kappa shape index (κ3) is 4.18. The van der Waals surface area contributed by atoms with E-state index in [9.17, 15) is 18.0 Å². The van der Waals surface area contributed by atoms with E-state index in [2.05, 4.69) is 15.3 Å². The molecule has 1 saturated carbocycles. The molecule has 122 valence electrons. The van der Waals surface area contributed by atoms with Crippen LogP contribution < -0.4 is 5.32 Å². The van der Waals surface area contributed by atoms with E-state index in [4.69, 9.17) is 0 Å². The van der Waals surface area contributed by atoms with Crippen molar-refractivity contribution in [2.24, 2.45) is 11.8 Å². The molecule has 1 fully saturated rings. The zero-order valence-corrected chi connectivity index (χ0v) is 12.7. The molecule has 1 aliphatic carbocycles. The first-order valence-electron chi connectivity index (χ1n) is 7.51. The molecule has 0 spiro atoms. The zero-order valence-electron chi connectivity index (χ0n) is 12.7. The molecule has 1 N–H and O–H groups in total. The minimum Gasteiger partial charge on any atom is -0.310 e. The van der Waals surface area contributed by atoms with Gasteiger partial charge >= 0.3 is 6.18 Å². The highest BCUT2D eigenvalue weighted by atomic mass is 19.4. The first-order valence-corrected chi connectivity index (χ1v) is 7.51. The largest absolute Gasteiger partial charge is 0.391 e. The summed E-state index contributed by atoms with van der Waals surface area (Å²) < 4.78 is 38.4. The lowest BCUT2D eigenvalue weighted by Crippen LogP contribution is -2.34. The van der Waals surface area contributed by atoms with Gasteiger partial charge in [-0.05, 0) is 32.6 Å². The van der Waals surface area contributed by atoms with E-state index in [-0.39, 0.29) is 18.7 Å². The molecule has 1 aromatic heterocycles. The van der Waals surface area contributed by atoms with Crippen molar-refractivity contribution < 1.29 is 18.0 Å². The van der Waals surface area contributed by atoms with Crippen LogP contribution in [0.1, 0.15) is 44.1 Å². The Labute approximate surface area is 127 Å². The fraction of sp³-hybridized carbons (Fsp3) is 0.667. The molecule has 1 amide bonds. The fourth-order valence-electron chi connectivity index (χ4n) is 2.83. The quantitative estimate of drug-likeness (QED) is 0.926. The van der Waals surface area contributed by atoms with E-state index < -0.39 is 18.0 Å². The summed E-state index contributed by atoms with van der Waals surface area (Å²) >= 11 is 0. The summed E-state index contributed by atoms with van der Waals surface area (Å²) in [7, 11) is 0. The molecule has 0 bridgehead atoms. The second kappa shape index (κ2) is 6.62. The van der Waals surface area contributed by atoms with E-state index in [0.717, 1.165) is 5.69 Å². The second-order valence-corrected chi connectivity index (χ2v) is 5.74. The average Bonchev–Trinajstić information content (AvgIpc) is 2.45. The standard InChI is InChI=1S/C15H20F3N3O/c1-3-12-8-13(20-9(2)19-12)21-14(22)10-5-4-6-11(7-10)15(16,17)18/h8,10-11H,3-7H2,1-2H3,(H,19,20,21,22)/t10-,11-/m0/s1. The van der Waals surface area contributed by atoms with Gasteiger partial charge in [0.15, 0.2) is 0 Å². The lowest BCUT2D eigenvalue weighted by molar-refractivity contribution is -0.185. The molecule has 2 atom stereocenters. The van der Waals surface area contributed by atoms with Gasteiger partial charge in [-0.2, -0.15) is 13.2 Å². The number of halogens is 3. The smallest absolute Gasteiger partial charge is 0.310 e. The van der Waals surface area contributed by atoms with Crippen LogP contribution in [0.5, 0.6) is 0 Å². The monoisotopic (exact) mass is 315 g/mol. The maximum atomic E-state index is 12.8. The highest BCUT2D eigenvalue weighted by Gasteiger charge is 2.43. The Morgan fingerprint density at radius 3 is 2.73 bits per heavy atom. The number of carbonyl (C=O) groups excluding carboxylic acids is 1. The average molecular weight is 315 g/mol. The van der Waals surface area contributed by atoms with Crippen molar-refractivity contribution in [1.82, 2.24) is 9.97 Å². The minimum atomic E-state index is -4.22. The Bertz CT molecular complexity index is 545. The molecule has 1 aromatic rings. The Balaban J connectivity index is 2.04. The molecule has 1 aliphatic rings. The number of aromatic nitrogens is 2. The van der Waals surface area contributed by atoms with Crippen LogP contribution in [0.3, 0.4) is 0 Å². The summed E-state index contributed by atoms with van der Waals surface area (Å²) in [6, 6.07) is 1.66. The predicted octanol–water partition coefficient (Wildman–Crippen LogP) is 3.65. The summed E-state index contributed by atoms with van der Waals surface area (Å²) in [6.07, 6.45) is -2.64. The molecule has 7 heteroatoms. The second-order valence-electron chi connectivity index (χ2n) is 5.74. The number of rotatable bonds is 3. The number of alkyl halides is 3. The van der Waals surface area contributed by atoms with Gasteiger partial charge in [0, 0.05) is 17.7 Å². The molecule has 0 unspecified atom stereocenters. The Morgan fingerprint density at radius 2 is 2.09 bits per heavy atom. The molecule has 1 heterocycles. The van der Waals surface area contributed by atoms with Gasteiger partial charge in [0.1, 0.15) is 11.6 Å². The molecule has 0 saturated heterocycles. The topological polar surface area (TPSA) is 54.9 Å². The molecular formula is C15H20F3N3O. The van der Waals surface area contributed by atoms with Crippen LogP contribution in [0.25, 0.3) is 0 Å². The lowest BCUT2D eigenvalue weighted by atomic mass is 9.80. The molecule has 4 nitrogen and oxygen atoms in total. The van der Waals surface area contributed by atoms with Gasteiger partial charge in [-0.25, -0.2) is 9.97 Å². The van der Waals surface area contributed by atoms with Crippen LogP contribution in [0.2, 0.25) is 0 Å². The molecule has 22 heavy (non-hydrogen) atoms. The summed E-state index contributed by atoms with van der Waals surface area (Å²) in [5.41, 5.74) is 0.791. The van der Waals surface area contributed by atoms with Crippen LogP contribution in [0.15, 0.2) is 6.07 Å². The van der Waals surface area contributed by atoms with Crippen molar-refractivity contribution in [1.29, 1.82) is 0 Å². The summed E-state index contributed by atoms with van der Waals surface area (Å²) in [5, 5.41) is 2.64. The summed E-state index contributed by atoms with van der Waals surface area (Å²) in [5.74, 6) is -1.47. The predicted molar refractivity (Wildman–Crippen MR) is 76.3 cm³/mol. The van der Waals surface area contributed by atoms with Crippen molar-refractivity contribution in [3.63, 3.8) is 0 Å². The number of carbonyl (C=O) groups is 1. The Morgan fingerprint density at radius 1 is 1.36 bits per heavy atom. The number of amides is 1. The van der Waals surface area contributed by atoms with Crippen molar-refractivity contribution >= 4 is 11.7 Å². The Kier molecular flexibility index (Phi) is 5.03. The molecule has 0 aromatic carbocycles. The minimum absolute atomic E-state index is 0.111. The lowest BCUT2D eigenvalue weighted by Gasteiger charge is -2.29. The van der Waals surface area contributed by atoms with E-state index >= 15 is 0 Å². The third-order valence-corrected chi connectivity index (χ3v) is 4.01. The van der Waals surface area contributed by atoms with E-state index in [1.54, 1.807) is 13.0 Å². The third-order valence-electron chi connectivity index (χ3n) is 4.01. The van der Waals surface area contributed by atoms with Crippen molar-refractivity contribution in [3.05, 3.63) is 17.6 Å².